The van der Waals surface area contributed by atoms with Crippen LogP contribution in [0.4, 0.5) is 0 Å². The van der Waals surface area contributed by atoms with Gasteiger partial charge in [-0.25, -0.2) is 0 Å². The molecule has 0 radical (unpaired) electrons. The topological polar surface area (TPSA) is 49.8 Å². The first-order valence-electron chi connectivity index (χ1n) is 6.39. The molecule has 0 aliphatic heterocycles. The van der Waals surface area contributed by atoms with Crippen molar-refractivity contribution in [1.29, 1.82) is 0 Å². The lowest BCUT2D eigenvalue weighted by atomic mass is 10.1. The molecular formula is C16H16BrNO3. The molecule has 0 unspecified atom stereocenters. The van der Waals surface area contributed by atoms with Gasteiger partial charge >= 0.3 is 0 Å². The number of carbonyl (C=O) groups is 1. The molecule has 4 nitrogen and oxygen atoms in total. The highest BCUT2D eigenvalue weighted by molar-refractivity contribution is 9.10. The molecule has 0 atom stereocenters. The van der Waals surface area contributed by atoms with Gasteiger partial charge in [-0.1, -0.05) is 18.2 Å². The summed E-state index contributed by atoms with van der Waals surface area (Å²) in [5, 5.41) is 9.58. The second kappa shape index (κ2) is 6.63. The fraction of sp³-hybridized carbons (Fsp3) is 0.188. The molecule has 0 aliphatic carbocycles. The van der Waals surface area contributed by atoms with E-state index in [4.69, 9.17) is 4.74 Å². The number of halogens is 1. The minimum atomic E-state index is -0.0745. The highest BCUT2D eigenvalue weighted by Crippen LogP contribution is 2.27. The maximum Gasteiger partial charge on any atom is 0.255 e. The van der Waals surface area contributed by atoms with Crippen molar-refractivity contribution >= 4 is 21.8 Å². The third kappa shape index (κ3) is 3.55. The molecule has 5 heteroatoms. The number of aromatic hydroxyl groups is 1. The summed E-state index contributed by atoms with van der Waals surface area (Å²) in [5.74, 6) is 0.407. The number of phenolic OH excluding ortho intramolecular Hbond substituents is 1. The first-order chi connectivity index (χ1) is 10.0. The van der Waals surface area contributed by atoms with Crippen molar-refractivity contribution in [2.24, 2.45) is 0 Å². The van der Waals surface area contributed by atoms with E-state index in [9.17, 15) is 9.90 Å². The van der Waals surface area contributed by atoms with Crippen LogP contribution in [0.15, 0.2) is 46.9 Å². The zero-order valence-electron chi connectivity index (χ0n) is 11.8. The zero-order valence-corrected chi connectivity index (χ0v) is 13.4. The van der Waals surface area contributed by atoms with Crippen LogP contribution in [0.1, 0.15) is 15.9 Å². The van der Waals surface area contributed by atoms with Crippen molar-refractivity contribution in [3.63, 3.8) is 0 Å². The summed E-state index contributed by atoms with van der Waals surface area (Å²) in [7, 11) is 3.23. The highest BCUT2D eigenvalue weighted by Gasteiger charge is 2.15. The number of rotatable bonds is 4. The van der Waals surface area contributed by atoms with Crippen molar-refractivity contribution in [3.05, 3.63) is 58.1 Å². The zero-order chi connectivity index (χ0) is 15.4. The van der Waals surface area contributed by atoms with Crippen LogP contribution in [0.3, 0.4) is 0 Å². The van der Waals surface area contributed by atoms with E-state index in [0.29, 0.717) is 17.9 Å². The summed E-state index contributed by atoms with van der Waals surface area (Å²) in [6.45, 7) is 0.427. The third-order valence-electron chi connectivity index (χ3n) is 3.11. The van der Waals surface area contributed by atoms with Crippen LogP contribution in [0.2, 0.25) is 0 Å². The molecule has 0 bridgehead atoms. The van der Waals surface area contributed by atoms with Crippen LogP contribution in [-0.4, -0.2) is 30.1 Å². The summed E-state index contributed by atoms with van der Waals surface area (Å²) in [6, 6.07) is 12.4. The van der Waals surface area contributed by atoms with Crippen LogP contribution >= 0.6 is 15.9 Å². The first-order valence-corrected chi connectivity index (χ1v) is 7.18. The predicted octanol–water partition coefficient (Wildman–Crippen LogP) is 3.44. The Morgan fingerprint density at radius 3 is 2.67 bits per heavy atom. The van der Waals surface area contributed by atoms with E-state index in [-0.39, 0.29) is 11.7 Å². The number of ether oxygens (including phenoxy) is 1. The van der Waals surface area contributed by atoms with Gasteiger partial charge in [0.25, 0.3) is 5.91 Å². The molecular weight excluding hydrogens is 334 g/mol. The predicted molar refractivity (Wildman–Crippen MR) is 84.6 cm³/mol. The Labute approximate surface area is 132 Å². The smallest absolute Gasteiger partial charge is 0.255 e. The SMILES string of the molecule is COc1cc(CN(C)C(=O)c2ccccc2Br)ccc1O. The summed E-state index contributed by atoms with van der Waals surface area (Å²) >= 11 is 3.38. The summed E-state index contributed by atoms with van der Waals surface area (Å²) < 4.78 is 5.84. The van der Waals surface area contributed by atoms with Gasteiger partial charge in [-0.15, -0.1) is 0 Å². The lowest BCUT2D eigenvalue weighted by molar-refractivity contribution is 0.0784. The van der Waals surface area contributed by atoms with Gasteiger partial charge in [0, 0.05) is 18.1 Å². The Hall–Kier alpha value is -2.01. The molecule has 0 saturated carbocycles. The molecule has 110 valence electrons. The van der Waals surface area contributed by atoms with E-state index >= 15 is 0 Å². The molecule has 0 spiro atoms. The number of hydrogen-bond acceptors (Lipinski definition) is 3. The molecule has 1 amide bonds. The van der Waals surface area contributed by atoms with E-state index in [2.05, 4.69) is 15.9 Å². The van der Waals surface area contributed by atoms with Gasteiger partial charge in [0.15, 0.2) is 11.5 Å². The average molecular weight is 350 g/mol. The number of benzene rings is 2. The highest BCUT2D eigenvalue weighted by atomic mass is 79.9. The van der Waals surface area contributed by atoms with Gasteiger partial charge in [-0.05, 0) is 45.8 Å². The molecule has 0 aromatic heterocycles. The second-order valence-corrected chi connectivity index (χ2v) is 5.50. The second-order valence-electron chi connectivity index (χ2n) is 4.65. The first kappa shape index (κ1) is 15.4. The minimum Gasteiger partial charge on any atom is -0.504 e. The minimum absolute atomic E-state index is 0.0745. The van der Waals surface area contributed by atoms with Crippen LogP contribution < -0.4 is 4.74 Å². The molecule has 2 rings (SSSR count). The quantitative estimate of drug-likeness (QED) is 0.919. The van der Waals surface area contributed by atoms with Crippen LogP contribution in [0, 0.1) is 0 Å². The van der Waals surface area contributed by atoms with Gasteiger partial charge in [-0.2, -0.15) is 0 Å². The number of amides is 1. The van der Waals surface area contributed by atoms with Crippen LogP contribution in [0.25, 0.3) is 0 Å². The lowest BCUT2D eigenvalue weighted by Crippen LogP contribution is -2.26. The van der Waals surface area contributed by atoms with Crippen molar-refractivity contribution < 1.29 is 14.6 Å². The van der Waals surface area contributed by atoms with Crippen molar-refractivity contribution in [3.8, 4) is 11.5 Å². The summed E-state index contributed by atoms with van der Waals surface area (Å²) in [4.78, 5) is 14.0. The molecule has 0 aliphatic rings. The van der Waals surface area contributed by atoms with Gasteiger partial charge in [0.2, 0.25) is 0 Å². The Bertz CT molecular complexity index is 658. The summed E-state index contributed by atoms with van der Waals surface area (Å²) in [5.41, 5.74) is 1.50. The normalized spacial score (nSPS) is 10.2. The van der Waals surface area contributed by atoms with Crippen molar-refractivity contribution in [2.45, 2.75) is 6.54 Å². The van der Waals surface area contributed by atoms with E-state index < -0.39 is 0 Å². The van der Waals surface area contributed by atoms with Crippen molar-refractivity contribution in [2.75, 3.05) is 14.2 Å². The van der Waals surface area contributed by atoms with Crippen LogP contribution in [0.5, 0.6) is 11.5 Å². The Morgan fingerprint density at radius 1 is 1.29 bits per heavy atom. The molecule has 0 heterocycles. The number of nitrogens with zero attached hydrogens (tertiary/aromatic N) is 1. The molecule has 0 saturated heterocycles. The molecule has 2 aromatic carbocycles. The number of carbonyl (C=O) groups excluding carboxylic acids is 1. The lowest BCUT2D eigenvalue weighted by Gasteiger charge is -2.18. The largest absolute Gasteiger partial charge is 0.504 e. The van der Waals surface area contributed by atoms with Crippen LogP contribution in [-0.2, 0) is 6.54 Å². The standard InChI is InChI=1S/C16H16BrNO3/c1-18(16(20)12-5-3-4-6-13(12)17)10-11-7-8-14(19)15(9-11)21-2/h3-9,19H,10H2,1-2H3. The van der Waals surface area contributed by atoms with Crippen molar-refractivity contribution in [1.82, 2.24) is 4.90 Å². The van der Waals surface area contributed by atoms with E-state index in [1.165, 1.54) is 7.11 Å². The molecule has 21 heavy (non-hydrogen) atoms. The van der Waals surface area contributed by atoms with Gasteiger partial charge in [-0.3, -0.25) is 4.79 Å². The molecule has 1 N–H and O–H groups in total. The van der Waals surface area contributed by atoms with Gasteiger partial charge in [0.05, 0.1) is 12.7 Å². The summed E-state index contributed by atoms with van der Waals surface area (Å²) in [6.07, 6.45) is 0. The fourth-order valence-corrected chi connectivity index (χ4v) is 2.46. The Balaban J connectivity index is 2.16. The Morgan fingerprint density at radius 2 is 2.00 bits per heavy atom. The Kier molecular flexibility index (Phi) is 4.85. The average Bonchev–Trinajstić information content (AvgIpc) is 2.49. The number of phenols is 1. The monoisotopic (exact) mass is 349 g/mol. The van der Waals surface area contributed by atoms with E-state index in [0.717, 1.165) is 10.0 Å². The van der Waals surface area contributed by atoms with E-state index in [1.54, 1.807) is 36.2 Å². The third-order valence-corrected chi connectivity index (χ3v) is 3.81. The number of methoxy groups -OCH3 is 1. The molecule has 0 fully saturated rings. The molecule has 2 aromatic rings. The fourth-order valence-electron chi connectivity index (χ4n) is 2.01. The van der Waals surface area contributed by atoms with Gasteiger partial charge in [0.1, 0.15) is 0 Å². The maximum atomic E-state index is 12.4. The number of hydrogen-bond donors (Lipinski definition) is 1. The van der Waals surface area contributed by atoms with Gasteiger partial charge < -0.3 is 14.7 Å². The van der Waals surface area contributed by atoms with E-state index in [1.807, 2.05) is 18.2 Å². The maximum absolute atomic E-state index is 12.4.